The van der Waals surface area contributed by atoms with Gasteiger partial charge in [0.2, 0.25) is 0 Å². The summed E-state index contributed by atoms with van der Waals surface area (Å²) < 4.78 is 0. The van der Waals surface area contributed by atoms with E-state index in [1.54, 1.807) is 0 Å². The normalized spacial score (nSPS) is 16.0. The minimum atomic E-state index is 0.650. The maximum absolute atomic E-state index is 6.07. The van der Waals surface area contributed by atoms with Gasteiger partial charge in [0.15, 0.2) is 5.96 Å². The Labute approximate surface area is 132 Å². The summed E-state index contributed by atoms with van der Waals surface area (Å²) in [7, 11) is 0. The fourth-order valence-electron chi connectivity index (χ4n) is 2.43. The molecule has 21 heavy (non-hydrogen) atoms. The van der Waals surface area contributed by atoms with E-state index in [9.17, 15) is 0 Å². The van der Waals surface area contributed by atoms with Crippen molar-refractivity contribution < 1.29 is 0 Å². The van der Waals surface area contributed by atoms with Gasteiger partial charge in [-0.05, 0) is 25.1 Å². The molecule has 0 aliphatic carbocycles. The van der Waals surface area contributed by atoms with Crippen LogP contribution in [0.1, 0.15) is 6.92 Å². The number of guanidine groups is 1. The van der Waals surface area contributed by atoms with Crippen LogP contribution in [0.25, 0.3) is 0 Å². The number of anilines is 1. The van der Waals surface area contributed by atoms with E-state index in [4.69, 9.17) is 11.6 Å². The van der Waals surface area contributed by atoms with Gasteiger partial charge in [0.05, 0.1) is 6.54 Å². The van der Waals surface area contributed by atoms with E-state index in [1.165, 1.54) is 5.69 Å². The van der Waals surface area contributed by atoms with Gasteiger partial charge in [-0.2, -0.15) is 0 Å². The largest absolute Gasteiger partial charge is 0.368 e. The maximum atomic E-state index is 6.07. The predicted octanol–water partition coefficient (Wildman–Crippen LogP) is 2.61. The average molecular weight is 307 g/mol. The van der Waals surface area contributed by atoms with E-state index in [-0.39, 0.29) is 0 Å². The number of rotatable bonds is 4. The summed E-state index contributed by atoms with van der Waals surface area (Å²) >= 11 is 6.07. The molecule has 0 saturated carbocycles. The van der Waals surface area contributed by atoms with Gasteiger partial charge in [-0.15, -0.1) is 6.58 Å². The highest BCUT2D eigenvalue weighted by molar-refractivity contribution is 6.30. The van der Waals surface area contributed by atoms with E-state index >= 15 is 0 Å². The molecule has 1 aliphatic rings. The fourth-order valence-corrected chi connectivity index (χ4v) is 2.61. The van der Waals surface area contributed by atoms with Crippen molar-refractivity contribution in [2.45, 2.75) is 6.92 Å². The molecule has 5 heteroatoms. The summed E-state index contributed by atoms with van der Waals surface area (Å²) in [6.07, 6.45) is 1.82. The van der Waals surface area contributed by atoms with Gasteiger partial charge in [0.1, 0.15) is 0 Å². The van der Waals surface area contributed by atoms with Crippen molar-refractivity contribution in [1.82, 2.24) is 10.2 Å². The van der Waals surface area contributed by atoms with Crippen LogP contribution in [0.2, 0.25) is 5.02 Å². The summed E-state index contributed by atoms with van der Waals surface area (Å²) in [6, 6.07) is 8.04. The molecule has 1 aliphatic heterocycles. The van der Waals surface area contributed by atoms with Crippen LogP contribution in [0.15, 0.2) is 41.9 Å². The maximum Gasteiger partial charge on any atom is 0.194 e. The van der Waals surface area contributed by atoms with Crippen LogP contribution in [0, 0.1) is 0 Å². The van der Waals surface area contributed by atoms with Crippen LogP contribution in [-0.2, 0) is 0 Å². The molecular weight excluding hydrogens is 284 g/mol. The van der Waals surface area contributed by atoms with Crippen LogP contribution in [0.3, 0.4) is 0 Å². The average Bonchev–Trinajstić information content (AvgIpc) is 2.52. The first-order valence-corrected chi connectivity index (χ1v) is 7.77. The van der Waals surface area contributed by atoms with Crippen molar-refractivity contribution in [3.05, 3.63) is 41.9 Å². The Balaban J connectivity index is 1.97. The summed E-state index contributed by atoms with van der Waals surface area (Å²) in [5.41, 5.74) is 1.19. The zero-order chi connectivity index (χ0) is 15.1. The quantitative estimate of drug-likeness (QED) is 0.527. The number of aliphatic imine (C=N–C) groups is 1. The monoisotopic (exact) mass is 306 g/mol. The number of nitrogens with zero attached hydrogens (tertiary/aromatic N) is 3. The predicted molar refractivity (Wildman–Crippen MR) is 91.4 cm³/mol. The SMILES string of the molecule is C=CCN=C(NCC)N1CCN(c2cccc(Cl)c2)CC1. The van der Waals surface area contributed by atoms with Crippen LogP contribution in [-0.4, -0.2) is 50.1 Å². The van der Waals surface area contributed by atoms with E-state index in [0.717, 1.165) is 43.7 Å². The van der Waals surface area contributed by atoms with Crippen molar-refractivity contribution in [3.63, 3.8) is 0 Å². The molecule has 4 nitrogen and oxygen atoms in total. The van der Waals surface area contributed by atoms with Crippen LogP contribution in [0.4, 0.5) is 5.69 Å². The van der Waals surface area contributed by atoms with Crippen molar-refractivity contribution in [1.29, 1.82) is 0 Å². The first kappa shape index (κ1) is 15.7. The zero-order valence-electron chi connectivity index (χ0n) is 12.6. The van der Waals surface area contributed by atoms with Crippen LogP contribution >= 0.6 is 11.6 Å². The van der Waals surface area contributed by atoms with Gasteiger partial charge in [0.25, 0.3) is 0 Å². The number of piperazine rings is 1. The van der Waals surface area contributed by atoms with Gasteiger partial charge in [-0.1, -0.05) is 23.7 Å². The third-order valence-electron chi connectivity index (χ3n) is 3.46. The Morgan fingerprint density at radius 2 is 2.14 bits per heavy atom. The summed E-state index contributed by atoms with van der Waals surface area (Å²) in [5.74, 6) is 0.975. The molecule has 1 aromatic carbocycles. The first-order valence-electron chi connectivity index (χ1n) is 7.39. The van der Waals surface area contributed by atoms with Crippen LogP contribution in [0.5, 0.6) is 0 Å². The van der Waals surface area contributed by atoms with Crippen molar-refractivity contribution in [2.24, 2.45) is 4.99 Å². The highest BCUT2D eigenvalue weighted by Gasteiger charge is 2.19. The summed E-state index contributed by atoms with van der Waals surface area (Å²) in [5, 5.41) is 4.13. The molecule has 1 saturated heterocycles. The van der Waals surface area contributed by atoms with Crippen molar-refractivity contribution >= 4 is 23.2 Å². The van der Waals surface area contributed by atoms with Gasteiger partial charge < -0.3 is 15.1 Å². The Hall–Kier alpha value is -1.68. The molecule has 0 atom stereocenters. The Morgan fingerprint density at radius 1 is 1.38 bits per heavy atom. The van der Waals surface area contributed by atoms with Crippen LogP contribution < -0.4 is 10.2 Å². The molecule has 114 valence electrons. The summed E-state index contributed by atoms with van der Waals surface area (Å²) in [6.45, 7) is 11.2. The number of hydrogen-bond donors (Lipinski definition) is 1. The number of nitrogens with one attached hydrogen (secondary N) is 1. The molecule has 0 aromatic heterocycles. The van der Waals surface area contributed by atoms with Gasteiger partial charge in [-0.25, -0.2) is 4.99 Å². The third-order valence-corrected chi connectivity index (χ3v) is 3.69. The second kappa shape index (κ2) is 7.93. The standard InChI is InChI=1S/C16H23ClN4/c1-3-8-19-16(18-4-2)21-11-9-20(10-12-21)15-7-5-6-14(17)13-15/h3,5-7,13H,1,4,8-12H2,2H3,(H,18,19). The first-order chi connectivity index (χ1) is 10.2. The molecule has 1 N–H and O–H groups in total. The molecular formula is C16H23ClN4. The fraction of sp³-hybridized carbons (Fsp3) is 0.438. The Kier molecular flexibility index (Phi) is 5.93. The molecule has 0 spiro atoms. The zero-order valence-corrected chi connectivity index (χ0v) is 13.3. The molecule has 0 unspecified atom stereocenters. The molecule has 1 aromatic rings. The highest BCUT2D eigenvalue weighted by atomic mass is 35.5. The molecule has 0 amide bonds. The number of hydrogen-bond acceptors (Lipinski definition) is 2. The second-order valence-corrected chi connectivity index (χ2v) is 5.37. The van der Waals surface area contributed by atoms with Gasteiger partial charge in [-0.3, -0.25) is 0 Å². The number of halogens is 1. The smallest absolute Gasteiger partial charge is 0.194 e. The molecule has 2 rings (SSSR count). The van der Waals surface area contributed by atoms with Gasteiger partial charge >= 0.3 is 0 Å². The van der Waals surface area contributed by atoms with E-state index < -0.39 is 0 Å². The van der Waals surface area contributed by atoms with Crippen molar-refractivity contribution in [3.8, 4) is 0 Å². The molecule has 0 radical (unpaired) electrons. The highest BCUT2D eigenvalue weighted by Crippen LogP contribution is 2.20. The lowest BCUT2D eigenvalue weighted by Gasteiger charge is -2.37. The van der Waals surface area contributed by atoms with E-state index in [2.05, 4.69) is 39.7 Å². The molecule has 0 bridgehead atoms. The third kappa shape index (κ3) is 4.39. The minimum absolute atomic E-state index is 0.650. The Morgan fingerprint density at radius 3 is 2.76 bits per heavy atom. The topological polar surface area (TPSA) is 30.9 Å². The lowest BCUT2D eigenvalue weighted by atomic mass is 10.2. The second-order valence-electron chi connectivity index (χ2n) is 4.94. The van der Waals surface area contributed by atoms with E-state index in [0.29, 0.717) is 6.54 Å². The number of benzene rings is 1. The Bertz CT molecular complexity index is 493. The lowest BCUT2D eigenvalue weighted by molar-refractivity contribution is 0.373. The van der Waals surface area contributed by atoms with Gasteiger partial charge in [0, 0.05) is 43.4 Å². The molecule has 1 heterocycles. The molecule has 1 fully saturated rings. The van der Waals surface area contributed by atoms with Crippen molar-refractivity contribution in [2.75, 3.05) is 44.2 Å². The lowest BCUT2D eigenvalue weighted by Crippen LogP contribution is -2.52. The minimum Gasteiger partial charge on any atom is -0.368 e. The summed E-state index contributed by atoms with van der Waals surface area (Å²) in [4.78, 5) is 9.20. The van der Waals surface area contributed by atoms with E-state index in [1.807, 2.05) is 24.3 Å².